The van der Waals surface area contributed by atoms with Crippen molar-refractivity contribution in [3.63, 3.8) is 0 Å². The highest BCUT2D eigenvalue weighted by atomic mass is 19.3. The van der Waals surface area contributed by atoms with E-state index in [4.69, 9.17) is 18.6 Å². The van der Waals surface area contributed by atoms with E-state index in [1.54, 1.807) is 12.1 Å². The predicted molar refractivity (Wildman–Crippen MR) is 110 cm³/mol. The number of hydrogen-bond acceptors (Lipinski definition) is 6. The van der Waals surface area contributed by atoms with Crippen molar-refractivity contribution in [2.45, 2.75) is 25.7 Å². The van der Waals surface area contributed by atoms with E-state index in [1.165, 1.54) is 19.4 Å². The van der Waals surface area contributed by atoms with E-state index < -0.39 is 13.0 Å². The van der Waals surface area contributed by atoms with Gasteiger partial charge >= 0.3 is 0 Å². The normalized spacial score (nSPS) is 11.9. The number of aldehydes is 1. The average Bonchev–Trinajstić information content (AvgIpc) is 3.26. The number of hydrogen-bond donors (Lipinski definition) is 0. The van der Waals surface area contributed by atoms with E-state index in [0.29, 0.717) is 29.4 Å². The highest BCUT2D eigenvalue weighted by Crippen LogP contribution is 2.36. The largest absolute Gasteiger partial charge is 0.494 e. The van der Waals surface area contributed by atoms with Crippen LogP contribution in [-0.2, 0) is 4.79 Å². The van der Waals surface area contributed by atoms with Gasteiger partial charge in [0, 0.05) is 23.5 Å². The average molecular weight is 431 g/mol. The maximum absolute atomic E-state index is 12.6. The Bertz CT molecular complexity index is 1010. The van der Waals surface area contributed by atoms with Crippen LogP contribution in [0.2, 0.25) is 0 Å². The number of ether oxygens (including phenoxy) is 3. The summed E-state index contributed by atoms with van der Waals surface area (Å²) in [6, 6.07) is 12.3. The maximum Gasteiger partial charge on any atom is 0.272 e. The van der Waals surface area contributed by atoms with Gasteiger partial charge in [-0.2, -0.15) is 0 Å². The smallest absolute Gasteiger partial charge is 0.272 e. The Balaban J connectivity index is 1.94. The minimum absolute atomic E-state index is 0.159. The molecule has 0 saturated heterocycles. The molecule has 6 nitrogen and oxygen atoms in total. The Labute approximate surface area is 178 Å². The minimum atomic E-state index is -2.61. The monoisotopic (exact) mass is 431 g/mol. The highest BCUT2D eigenvalue weighted by Gasteiger charge is 2.22. The molecule has 0 aliphatic rings. The lowest BCUT2D eigenvalue weighted by atomic mass is 9.92. The molecule has 164 valence electrons. The first-order chi connectivity index (χ1) is 15.1. The first-order valence-corrected chi connectivity index (χ1v) is 9.77. The fourth-order valence-corrected chi connectivity index (χ4v) is 3.21. The summed E-state index contributed by atoms with van der Waals surface area (Å²) < 4.78 is 46.8. The second-order valence-electron chi connectivity index (χ2n) is 6.57. The van der Waals surface area contributed by atoms with Crippen molar-refractivity contribution in [1.29, 1.82) is 0 Å². The summed E-state index contributed by atoms with van der Waals surface area (Å²) in [6.07, 6.45) is -0.112. The zero-order valence-electron chi connectivity index (χ0n) is 17.2. The van der Waals surface area contributed by atoms with E-state index >= 15 is 0 Å². The summed E-state index contributed by atoms with van der Waals surface area (Å²) in [5, 5.41) is 0. The molecule has 0 bridgehead atoms. The van der Waals surface area contributed by atoms with Gasteiger partial charge in [-0.05, 0) is 31.2 Å². The third kappa shape index (κ3) is 5.39. The molecule has 1 aromatic heterocycles. The zero-order valence-corrected chi connectivity index (χ0v) is 17.2. The summed E-state index contributed by atoms with van der Waals surface area (Å²) in [5.74, 6) is 1.07. The van der Waals surface area contributed by atoms with Crippen LogP contribution in [0.5, 0.6) is 17.2 Å². The summed E-state index contributed by atoms with van der Waals surface area (Å²) in [5.41, 5.74) is 1.91. The van der Waals surface area contributed by atoms with Gasteiger partial charge in [-0.1, -0.05) is 18.2 Å². The molecule has 0 spiro atoms. The third-order valence-corrected chi connectivity index (χ3v) is 4.58. The van der Waals surface area contributed by atoms with Gasteiger partial charge in [-0.25, -0.2) is 13.8 Å². The van der Waals surface area contributed by atoms with Crippen LogP contribution in [0, 0.1) is 0 Å². The number of para-hydroxylation sites is 1. The van der Waals surface area contributed by atoms with Gasteiger partial charge in [0.25, 0.3) is 6.43 Å². The molecular weight excluding hydrogens is 408 g/mol. The summed E-state index contributed by atoms with van der Waals surface area (Å²) in [6.45, 7) is 1.62. The quantitative estimate of drug-likeness (QED) is 0.393. The van der Waals surface area contributed by atoms with Crippen molar-refractivity contribution >= 4 is 6.29 Å². The number of carbonyl (C=O) groups is 1. The number of nitrogens with zero attached hydrogens (tertiary/aromatic N) is 1. The minimum Gasteiger partial charge on any atom is -0.494 e. The van der Waals surface area contributed by atoms with Gasteiger partial charge in [0.05, 0.1) is 19.4 Å². The van der Waals surface area contributed by atoms with E-state index in [-0.39, 0.29) is 24.0 Å². The van der Waals surface area contributed by atoms with Crippen LogP contribution >= 0.6 is 0 Å². The van der Waals surface area contributed by atoms with Crippen molar-refractivity contribution in [3.8, 4) is 28.7 Å². The molecular formula is C23H23F2NO5. The van der Waals surface area contributed by atoms with E-state index in [9.17, 15) is 13.6 Å². The molecule has 8 heteroatoms. The van der Waals surface area contributed by atoms with Crippen molar-refractivity contribution in [2.75, 3.05) is 20.3 Å². The van der Waals surface area contributed by atoms with Crippen LogP contribution in [-0.4, -0.2) is 38.0 Å². The number of rotatable bonds is 11. The predicted octanol–water partition coefficient (Wildman–Crippen LogP) is 5.11. The lowest BCUT2D eigenvalue weighted by Crippen LogP contribution is -2.08. The fourth-order valence-electron chi connectivity index (χ4n) is 3.21. The van der Waals surface area contributed by atoms with Crippen LogP contribution < -0.4 is 14.2 Å². The molecule has 3 aromatic rings. The molecule has 1 unspecified atom stereocenters. The van der Waals surface area contributed by atoms with Gasteiger partial charge in [0.1, 0.15) is 24.9 Å². The van der Waals surface area contributed by atoms with E-state index in [0.717, 1.165) is 11.8 Å². The molecule has 1 heterocycles. The fraction of sp³-hybridized carbons (Fsp3) is 0.304. The topological polar surface area (TPSA) is 70.8 Å². The molecule has 0 aliphatic heterocycles. The van der Waals surface area contributed by atoms with E-state index in [2.05, 4.69) is 4.98 Å². The number of alkyl halides is 2. The molecule has 1 atom stereocenters. The van der Waals surface area contributed by atoms with Crippen LogP contribution in [0.25, 0.3) is 11.5 Å². The molecule has 0 N–H and O–H groups in total. The Kier molecular flexibility index (Phi) is 7.59. The summed E-state index contributed by atoms with van der Waals surface area (Å²) in [4.78, 5) is 15.9. The van der Waals surface area contributed by atoms with Gasteiger partial charge in [-0.15, -0.1) is 0 Å². The number of oxazole rings is 1. The van der Waals surface area contributed by atoms with Crippen molar-refractivity contribution < 1.29 is 32.2 Å². The molecule has 3 rings (SSSR count). The standard InChI is InChI=1S/C23H23F2NO5/c1-3-29-19-7-5-4-6-17(19)16(10-11-27)18-13-31-23(26-18)15-8-9-20(28-2)21(12-15)30-14-22(24)25/h4-9,11-13,16,22H,3,10,14H2,1-2H3. The van der Waals surface area contributed by atoms with Crippen LogP contribution in [0.15, 0.2) is 53.1 Å². The van der Waals surface area contributed by atoms with Gasteiger partial charge in [-0.3, -0.25) is 0 Å². The van der Waals surface area contributed by atoms with Crippen molar-refractivity contribution in [2.24, 2.45) is 0 Å². The number of benzene rings is 2. The molecule has 0 fully saturated rings. The number of halogens is 2. The molecule has 0 saturated carbocycles. The van der Waals surface area contributed by atoms with Crippen LogP contribution in [0.1, 0.15) is 30.5 Å². The van der Waals surface area contributed by atoms with E-state index in [1.807, 2.05) is 31.2 Å². The molecule has 2 aromatic carbocycles. The van der Waals surface area contributed by atoms with Crippen molar-refractivity contribution in [1.82, 2.24) is 4.98 Å². The lowest BCUT2D eigenvalue weighted by Gasteiger charge is -2.16. The zero-order chi connectivity index (χ0) is 22.2. The molecule has 0 amide bonds. The lowest BCUT2D eigenvalue weighted by molar-refractivity contribution is -0.108. The Hall–Kier alpha value is -3.42. The van der Waals surface area contributed by atoms with Gasteiger partial charge < -0.3 is 23.4 Å². The molecule has 31 heavy (non-hydrogen) atoms. The molecule has 0 aliphatic carbocycles. The molecule has 0 radical (unpaired) electrons. The second-order valence-corrected chi connectivity index (χ2v) is 6.57. The SMILES string of the molecule is CCOc1ccccc1C(CC=O)c1coc(-c2ccc(OC)c(OCC(F)F)c2)n1. The summed E-state index contributed by atoms with van der Waals surface area (Å²) in [7, 11) is 1.42. The van der Waals surface area contributed by atoms with Gasteiger partial charge in [0.15, 0.2) is 11.5 Å². The Morgan fingerprint density at radius 2 is 1.90 bits per heavy atom. The van der Waals surface area contributed by atoms with Crippen LogP contribution in [0.4, 0.5) is 8.78 Å². The van der Waals surface area contributed by atoms with Crippen molar-refractivity contribution in [3.05, 3.63) is 60.0 Å². The first kappa shape index (κ1) is 22.3. The van der Waals surface area contributed by atoms with Gasteiger partial charge in [0.2, 0.25) is 5.89 Å². The summed E-state index contributed by atoms with van der Waals surface area (Å²) >= 11 is 0. The number of carbonyl (C=O) groups excluding carboxylic acids is 1. The number of methoxy groups -OCH3 is 1. The number of aromatic nitrogens is 1. The maximum atomic E-state index is 12.6. The highest BCUT2D eigenvalue weighted by molar-refractivity contribution is 5.61. The Morgan fingerprint density at radius 1 is 1.10 bits per heavy atom. The Morgan fingerprint density at radius 3 is 2.61 bits per heavy atom. The second kappa shape index (κ2) is 10.6. The van der Waals surface area contributed by atoms with Crippen LogP contribution in [0.3, 0.4) is 0 Å². The third-order valence-electron chi connectivity index (χ3n) is 4.58. The first-order valence-electron chi connectivity index (χ1n) is 9.77.